The Morgan fingerprint density at radius 3 is 2.82 bits per heavy atom. The van der Waals surface area contributed by atoms with Crippen LogP contribution in [0.15, 0.2) is 40.1 Å². The first-order valence-corrected chi connectivity index (χ1v) is 10.1. The maximum atomic E-state index is 13.7. The number of hydrogen-bond donors (Lipinski definition) is 2. The van der Waals surface area contributed by atoms with E-state index < -0.39 is 49.5 Å². The van der Waals surface area contributed by atoms with Crippen molar-refractivity contribution >= 4 is 8.17 Å². The van der Waals surface area contributed by atoms with Crippen molar-refractivity contribution in [1.29, 1.82) is 0 Å². The van der Waals surface area contributed by atoms with Gasteiger partial charge in [0.1, 0.15) is 0 Å². The van der Waals surface area contributed by atoms with Gasteiger partial charge in [-0.1, -0.05) is 0 Å². The number of hydrogen-bond acceptors (Lipinski definition) is 7. The third kappa shape index (κ3) is 3.77. The van der Waals surface area contributed by atoms with Crippen molar-refractivity contribution in [2.75, 3.05) is 6.61 Å². The molecule has 3 heterocycles. The molecule has 1 aromatic carbocycles. The zero-order chi connectivity index (χ0) is 19.9. The number of H-pyrrole nitrogens is 1. The van der Waals surface area contributed by atoms with Crippen molar-refractivity contribution in [1.82, 2.24) is 9.55 Å². The summed E-state index contributed by atoms with van der Waals surface area (Å²) in [6.07, 6.45) is -1.38. The second kappa shape index (κ2) is 7.43. The number of aromatic amines is 1. The Labute approximate surface area is 157 Å². The Balaban J connectivity index is 1.44. The van der Waals surface area contributed by atoms with Crippen molar-refractivity contribution < 1.29 is 32.0 Å². The summed E-state index contributed by atoms with van der Waals surface area (Å²) in [5.74, 6) is -1.62. The van der Waals surface area contributed by atoms with Crippen molar-refractivity contribution in [3.63, 3.8) is 0 Å². The molecule has 2 aliphatic rings. The number of nitrogens with zero attached hydrogens (tertiary/aromatic N) is 1. The van der Waals surface area contributed by atoms with Gasteiger partial charge in [0.2, 0.25) is 0 Å². The van der Waals surface area contributed by atoms with Gasteiger partial charge in [-0.15, -0.1) is 0 Å². The van der Waals surface area contributed by atoms with Crippen LogP contribution in [0.4, 0.5) is 8.78 Å². The van der Waals surface area contributed by atoms with Gasteiger partial charge >= 0.3 is 156 Å². The van der Waals surface area contributed by atoms with E-state index in [0.29, 0.717) is 0 Å². The molecule has 2 saturated heterocycles. The van der Waals surface area contributed by atoms with Crippen LogP contribution >= 0.6 is 8.17 Å². The molecule has 9 nitrogen and oxygen atoms in total. The zero-order valence-electron chi connectivity index (χ0n) is 14.3. The average Bonchev–Trinajstić information content (AvgIpc) is 3.06. The van der Waals surface area contributed by atoms with E-state index in [1.807, 2.05) is 4.98 Å². The van der Waals surface area contributed by atoms with Gasteiger partial charge in [0.05, 0.1) is 0 Å². The number of ether oxygens (including phenoxy) is 1. The Hall–Kier alpha value is -2.01. The van der Waals surface area contributed by atoms with Crippen molar-refractivity contribution in [3.8, 4) is 0 Å². The first kappa shape index (κ1) is 19.3. The van der Waals surface area contributed by atoms with E-state index in [1.54, 1.807) is 6.07 Å². The van der Waals surface area contributed by atoms with Gasteiger partial charge in [0.15, 0.2) is 0 Å². The van der Waals surface area contributed by atoms with Gasteiger partial charge in [-0.25, -0.2) is 0 Å². The molecular formula is C16H17F2N2O7P. The van der Waals surface area contributed by atoms with Gasteiger partial charge < -0.3 is 0 Å². The molecule has 4 rings (SSSR count). The molecule has 2 aliphatic heterocycles. The SMILES string of the molecule is O=c1[nH]c(=O)n([C@H]2C[C@@H]3O[PH](O)(OCc4ccccc4F)OC[C@H]3O2)cc1F. The minimum atomic E-state index is -4.06. The van der Waals surface area contributed by atoms with Gasteiger partial charge in [-0.3, -0.25) is 0 Å². The maximum absolute atomic E-state index is 13.7. The predicted molar refractivity (Wildman–Crippen MR) is 92.4 cm³/mol. The van der Waals surface area contributed by atoms with Crippen LogP contribution in [0, 0.1) is 11.6 Å². The fraction of sp³-hybridized carbons (Fsp3) is 0.375. The third-order valence-electron chi connectivity index (χ3n) is 4.51. The van der Waals surface area contributed by atoms with Gasteiger partial charge in [-0.05, 0) is 0 Å². The molecule has 2 N–H and O–H groups in total. The van der Waals surface area contributed by atoms with Crippen LogP contribution in [0.25, 0.3) is 0 Å². The Kier molecular flexibility index (Phi) is 5.13. The molecule has 0 bridgehead atoms. The molecule has 0 unspecified atom stereocenters. The summed E-state index contributed by atoms with van der Waals surface area (Å²) in [7, 11) is -4.06. The van der Waals surface area contributed by atoms with E-state index in [0.717, 1.165) is 10.8 Å². The number of rotatable bonds is 4. The number of halogens is 2. The molecule has 12 heteroatoms. The van der Waals surface area contributed by atoms with Crippen LogP contribution in [-0.2, 0) is 24.9 Å². The zero-order valence-corrected chi connectivity index (χ0v) is 15.3. The first-order chi connectivity index (χ1) is 13.3. The summed E-state index contributed by atoms with van der Waals surface area (Å²) < 4.78 is 49.8. The van der Waals surface area contributed by atoms with Crippen LogP contribution in [0.3, 0.4) is 0 Å². The van der Waals surface area contributed by atoms with Crippen LogP contribution in [-0.4, -0.2) is 33.3 Å². The standard InChI is InChI=1S/C16H17F2N2O7P/c17-10-4-2-1-3-9(10)7-24-28(23)25-8-13-12(27-28)5-14(26-13)20-6-11(18)15(21)19-16(20)22/h1-4,6,12-14,23,28H,5,7-8H2,(H,19,21,22)/t12-,13+,14+/m0/s1. The molecule has 0 spiro atoms. The van der Waals surface area contributed by atoms with Crippen LogP contribution in [0.2, 0.25) is 0 Å². The van der Waals surface area contributed by atoms with Crippen molar-refractivity contribution in [2.24, 2.45) is 0 Å². The Morgan fingerprint density at radius 1 is 1.25 bits per heavy atom. The number of nitrogens with one attached hydrogen (secondary N) is 1. The van der Waals surface area contributed by atoms with Crippen LogP contribution in [0.1, 0.15) is 18.2 Å². The van der Waals surface area contributed by atoms with E-state index in [9.17, 15) is 23.3 Å². The minimum absolute atomic E-state index is 0.0816. The van der Waals surface area contributed by atoms with Gasteiger partial charge in [0.25, 0.3) is 0 Å². The van der Waals surface area contributed by atoms with Crippen molar-refractivity contribution in [2.45, 2.75) is 31.5 Å². The number of benzene rings is 1. The summed E-state index contributed by atoms with van der Waals surface area (Å²) in [4.78, 5) is 35.4. The fourth-order valence-corrected chi connectivity index (χ4v) is 4.66. The van der Waals surface area contributed by atoms with Gasteiger partial charge in [-0.2, -0.15) is 0 Å². The Morgan fingerprint density at radius 2 is 2.04 bits per heavy atom. The van der Waals surface area contributed by atoms with E-state index in [2.05, 4.69) is 0 Å². The second-order valence-corrected chi connectivity index (χ2v) is 8.24. The molecule has 2 fully saturated rings. The molecule has 152 valence electrons. The predicted octanol–water partition coefficient (Wildman–Crippen LogP) is 1.14. The Bertz CT molecular complexity index is 999. The molecule has 0 amide bonds. The van der Waals surface area contributed by atoms with E-state index in [4.69, 9.17) is 18.3 Å². The third-order valence-corrected chi connectivity index (χ3v) is 6.15. The summed E-state index contributed by atoms with van der Waals surface area (Å²) in [6.45, 7) is -0.330. The van der Waals surface area contributed by atoms with E-state index in [1.165, 1.54) is 18.2 Å². The molecule has 0 saturated carbocycles. The topological polar surface area (TPSA) is 112 Å². The molecule has 0 aliphatic carbocycles. The van der Waals surface area contributed by atoms with Crippen LogP contribution in [0.5, 0.6) is 0 Å². The monoisotopic (exact) mass is 418 g/mol. The number of fused-ring (bicyclic) bond motifs is 1. The van der Waals surface area contributed by atoms with Crippen LogP contribution < -0.4 is 11.2 Å². The van der Waals surface area contributed by atoms with E-state index in [-0.39, 0.29) is 25.2 Å². The second-order valence-electron chi connectivity index (χ2n) is 6.38. The summed E-state index contributed by atoms with van der Waals surface area (Å²) in [5, 5.41) is 0. The summed E-state index contributed by atoms with van der Waals surface area (Å²) >= 11 is 0. The average molecular weight is 418 g/mol. The first-order valence-electron chi connectivity index (χ1n) is 8.42. The molecule has 3 atom stereocenters. The summed E-state index contributed by atoms with van der Waals surface area (Å²) in [6, 6.07) is 5.92. The molecular weight excluding hydrogens is 401 g/mol. The normalized spacial score (nSPS) is 27.3. The van der Waals surface area contributed by atoms with E-state index >= 15 is 0 Å². The van der Waals surface area contributed by atoms with Crippen molar-refractivity contribution in [3.05, 3.63) is 68.5 Å². The molecule has 0 radical (unpaired) electrons. The molecule has 1 aromatic heterocycles. The fourth-order valence-electron chi connectivity index (χ4n) is 3.09. The molecule has 2 aromatic rings. The number of aromatic nitrogens is 2. The summed E-state index contributed by atoms with van der Waals surface area (Å²) in [5.41, 5.74) is -1.73. The quantitative estimate of drug-likeness (QED) is 0.716. The molecule has 28 heavy (non-hydrogen) atoms. The van der Waals surface area contributed by atoms with Gasteiger partial charge in [0, 0.05) is 0 Å².